The first-order chi connectivity index (χ1) is 7.81. The minimum Gasteiger partial charge on any atom is -0.386 e. The minimum absolute atomic E-state index is 0.500. The highest BCUT2D eigenvalue weighted by Gasteiger charge is 2.14. The van der Waals surface area contributed by atoms with Crippen molar-refractivity contribution in [2.24, 2.45) is 0 Å². The second-order valence-corrected chi connectivity index (χ2v) is 4.47. The number of aliphatic hydroxyl groups excluding tert-OH is 1. The SMILES string of the molecule is CCCC(O)c1nnc(-c2ccccn2)s1. The van der Waals surface area contributed by atoms with Crippen molar-refractivity contribution in [3.8, 4) is 10.7 Å². The molecule has 5 heteroatoms. The van der Waals surface area contributed by atoms with Crippen LogP contribution in [0.3, 0.4) is 0 Å². The van der Waals surface area contributed by atoms with Gasteiger partial charge < -0.3 is 5.11 Å². The molecule has 0 amide bonds. The molecule has 2 aromatic rings. The summed E-state index contributed by atoms with van der Waals surface area (Å²) >= 11 is 1.40. The van der Waals surface area contributed by atoms with Crippen LogP contribution in [0, 0.1) is 0 Å². The van der Waals surface area contributed by atoms with E-state index in [2.05, 4.69) is 15.2 Å². The maximum absolute atomic E-state index is 9.77. The van der Waals surface area contributed by atoms with Gasteiger partial charge in [-0.15, -0.1) is 10.2 Å². The van der Waals surface area contributed by atoms with E-state index in [-0.39, 0.29) is 0 Å². The summed E-state index contributed by atoms with van der Waals surface area (Å²) in [5, 5.41) is 19.2. The molecule has 0 bridgehead atoms. The normalized spacial score (nSPS) is 12.6. The number of aromatic nitrogens is 3. The van der Waals surface area contributed by atoms with Crippen molar-refractivity contribution in [1.82, 2.24) is 15.2 Å². The maximum atomic E-state index is 9.77. The van der Waals surface area contributed by atoms with Crippen molar-refractivity contribution in [1.29, 1.82) is 0 Å². The first-order valence-corrected chi connectivity index (χ1v) is 6.05. The van der Waals surface area contributed by atoms with Gasteiger partial charge in [0.25, 0.3) is 0 Å². The smallest absolute Gasteiger partial charge is 0.166 e. The molecule has 1 N–H and O–H groups in total. The third-order valence-corrected chi connectivity index (χ3v) is 3.22. The molecule has 1 unspecified atom stereocenters. The molecule has 2 heterocycles. The molecular weight excluding hydrogens is 222 g/mol. The Morgan fingerprint density at radius 2 is 2.25 bits per heavy atom. The molecule has 0 aliphatic carbocycles. The second-order valence-electron chi connectivity index (χ2n) is 3.46. The van der Waals surface area contributed by atoms with Crippen LogP contribution >= 0.6 is 11.3 Å². The fourth-order valence-electron chi connectivity index (χ4n) is 1.36. The lowest BCUT2D eigenvalue weighted by Gasteiger charge is -2.02. The molecule has 0 aromatic carbocycles. The highest BCUT2D eigenvalue weighted by molar-refractivity contribution is 7.14. The van der Waals surface area contributed by atoms with E-state index < -0.39 is 6.10 Å². The highest BCUT2D eigenvalue weighted by Crippen LogP contribution is 2.27. The van der Waals surface area contributed by atoms with Crippen LogP contribution in [0.2, 0.25) is 0 Å². The van der Waals surface area contributed by atoms with E-state index in [9.17, 15) is 5.11 Å². The van der Waals surface area contributed by atoms with E-state index in [0.717, 1.165) is 23.5 Å². The van der Waals surface area contributed by atoms with Crippen molar-refractivity contribution in [3.05, 3.63) is 29.4 Å². The van der Waals surface area contributed by atoms with Gasteiger partial charge in [0.05, 0.1) is 0 Å². The fourth-order valence-corrected chi connectivity index (χ4v) is 2.20. The molecule has 0 saturated carbocycles. The number of hydrogen-bond donors (Lipinski definition) is 1. The third-order valence-electron chi connectivity index (χ3n) is 2.17. The molecule has 0 fully saturated rings. The summed E-state index contributed by atoms with van der Waals surface area (Å²) in [5.41, 5.74) is 0.801. The van der Waals surface area contributed by atoms with Gasteiger partial charge >= 0.3 is 0 Å². The summed E-state index contributed by atoms with van der Waals surface area (Å²) in [5.74, 6) is 0. The molecule has 0 radical (unpaired) electrons. The standard InChI is InChI=1S/C11H13N3OS/c1-2-5-9(15)11-14-13-10(16-11)8-6-3-4-7-12-8/h3-4,6-7,9,15H,2,5H2,1H3. The van der Waals surface area contributed by atoms with Crippen molar-refractivity contribution in [2.45, 2.75) is 25.9 Å². The molecular formula is C11H13N3OS. The van der Waals surface area contributed by atoms with Crippen LogP contribution in [-0.2, 0) is 0 Å². The van der Waals surface area contributed by atoms with Crippen molar-refractivity contribution >= 4 is 11.3 Å². The van der Waals surface area contributed by atoms with Gasteiger partial charge in [-0.1, -0.05) is 30.7 Å². The van der Waals surface area contributed by atoms with E-state index in [1.165, 1.54) is 11.3 Å². The zero-order valence-electron chi connectivity index (χ0n) is 9.00. The van der Waals surface area contributed by atoms with E-state index >= 15 is 0 Å². The monoisotopic (exact) mass is 235 g/mol. The summed E-state index contributed by atoms with van der Waals surface area (Å²) in [4.78, 5) is 4.19. The average Bonchev–Trinajstić information content (AvgIpc) is 2.80. The molecule has 84 valence electrons. The Morgan fingerprint density at radius 1 is 1.38 bits per heavy atom. The van der Waals surface area contributed by atoms with Gasteiger partial charge in [0, 0.05) is 6.20 Å². The zero-order valence-corrected chi connectivity index (χ0v) is 9.81. The lowest BCUT2D eigenvalue weighted by molar-refractivity contribution is 0.165. The van der Waals surface area contributed by atoms with E-state index in [4.69, 9.17) is 0 Å². The first-order valence-electron chi connectivity index (χ1n) is 5.24. The first kappa shape index (κ1) is 11.2. The molecule has 0 saturated heterocycles. The predicted molar refractivity (Wildman–Crippen MR) is 63.0 cm³/mol. The highest BCUT2D eigenvalue weighted by atomic mass is 32.1. The fraction of sp³-hybridized carbons (Fsp3) is 0.364. The Bertz CT molecular complexity index is 444. The second kappa shape index (κ2) is 5.14. The van der Waals surface area contributed by atoms with Gasteiger partial charge in [-0.2, -0.15) is 0 Å². The quantitative estimate of drug-likeness (QED) is 0.884. The number of aliphatic hydroxyl groups is 1. The van der Waals surface area contributed by atoms with Crippen LogP contribution in [0.4, 0.5) is 0 Å². The predicted octanol–water partition coefficient (Wildman–Crippen LogP) is 2.43. The van der Waals surface area contributed by atoms with Crippen LogP contribution in [0.1, 0.15) is 30.9 Å². The number of nitrogens with zero attached hydrogens (tertiary/aromatic N) is 3. The van der Waals surface area contributed by atoms with Gasteiger partial charge in [0.2, 0.25) is 0 Å². The summed E-state index contributed by atoms with van der Waals surface area (Å²) in [7, 11) is 0. The molecule has 4 nitrogen and oxygen atoms in total. The van der Waals surface area contributed by atoms with Crippen molar-refractivity contribution in [3.63, 3.8) is 0 Å². The summed E-state index contributed by atoms with van der Waals surface area (Å²) in [6, 6.07) is 5.65. The minimum atomic E-state index is -0.500. The Hall–Kier alpha value is -1.33. The zero-order chi connectivity index (χ0) is 11.4. The molecule has 16 heavy (non-hydrogen) atoms. The lowest BCUT2D eigenvalue weighted by Crippen LogP contribution is -1.95. The lowest BCUT2D eigenvalue weighted by atomic mass is 10.2. The molecule has 0 aliphatic rings. The number of hydrogen-bond acceptors (Lipinski definition) is 5. The molecule has 2 aromatic heterocycles. The largest absolute Gasteiger partial charge is 0.386 e. The average molecular weight is 235 g/mol. The molecule has 2 rings (SSSR count). The Morgan fingerprint density at radius 3 is 2.94 bits per heavy atom. The van der Waals surface area contributed by atoms with Crippen LogP contribution in [0.5, 0.6) is 0 Å². The van der Waals surface area contributed by atoms with Crippen LogP contribution in [0.15, 0.2) is 24.4 Å². The Kier molecular flexibility index (Phi) is 3.58. The van der Waals surface area contributed by atoms with E-state index in [0.29, 0.717) is 5.01 Å². The number of rotatable bonds is 4. The molecule has 0 spiro atoms. The summed E-state index contributed by atoms with van der Waals surface area (Å²) in [6.45, 7) is 2.03. The van der Waals surface area contributed by atoms with Crippen molar-refractivity contribution < 1.29 is 5.11 Å². The Balaban J connectivity index is 2.20. The number of pyridine rings is 1. The van der Waals surface area contributed by atoms with Crippen LogP contribution in [-0.4, -0.2) is 20.3 Å². The van der Waals surface area contributed by atoms with Gasteiger partial charge in [0.1, 0.15) is 16.8 Å². The molecule has 0 aliphatic heterocycles. The third kappa shape index (κ3) is 2.43. The van der Waals surface area contributed by atoms with Crippen molar-refractivity contribution in [2.75, 3.05) is 0 Å². The van der Waals surface area contributed by atoms with E-state index in [1.54, 1.807) is 6.20 Å². The summed E-state index contributed by atoms with van der Waals surface area (Å²) in [6.07, 6.45) is 2.87. The van der Waals surface area contributed by atoms with Crippen LogP contribution in [0.25, 0.3) is 10.7 Å². The molecule has 1 atom stereocenters. The van der Waals surface area contributed by atoms with Gasteiger partial charge in [-0.3, -0.25) is 4.98 Å². The van der Waals surface area contributed by atoms with Gasteiger partial charge in [-0.25, -0.2) is 0 Å². The Labute approximate surface area is 98.0 Å². The van der Waals surface area contributed by atoms with Crippen LogP contribution < -0.4 is 0 Å². The maximum Gasteiger partial charge on any atom is 0.166 e. The van der Waals surface area contributed by atoms with Gasteiger partial charge in [0.15, 0.2) is 5.01 Å². The van der Waals surface area contributed by atoms with E-state index in [1.807, 2.05) is 25.1 Å². The van der Waals surface area contributed by atoms with Gasteiger partial charge in [-0.05, 0) is 18.6 Å². The summed E-state index contributed by atoms with van der Waals surface area (Å²) < 4.78 is 0. The topological polar surface area (TPSA) is 58.9 Å².